The summed E-state index contributed by atoms with van der Waals surface area (Å²) in [6, 6.07) is 30.7. The Labute approximate surface area is 229 Å². The van der Waals surface area contributed by atoms with Gasteiger partial charge < -0.3 is 0 Å². The normalized spacial score (nSPS) is 11.5. The molecule has 0 saturated carbocycles. The highest BCUT2D eigenvalue weighted by molar-refractivity contribution is 6.03. The largest absolute Gasteiger partial charge is 0.256 e. The van der Waals surface area contributed by atoms with Crippen LogP contribution in [-0.2, 0) is 0 Å². The van der Waals surface area contributed by atoms with Crippen molar-refractivity contribution in [1.82, 2.24) is 29.9 Å². The first-order valence-corrected chi connectivity index (χ1v) is 13.0. The molecule has 5 aromatic heterocycles. The Morgan fingerprint density at radius 2 is 1.02 bits per heavy atom. The summed E-state index contributed by atoms with van der Waals surface area (Å²) in [5.41, 5.74) is 8.66. The molecule has 0 atom stereocenters. The van der Waals surface area contributed by atoms with E-state index < -0.39 is 0 Å². The summed E-state index contributed by atoms with van der Waals surface area (Å²) in [4.78, 5) is 28.7. The van der Waals surface area contributed by atoms with Gasteiger partial charge in [0.25, 0.3) is 0 Å². The van der Waals surface area contributed by atoms with Crippen molar-refractivity contribution in [2.45, 2.75) is 0 Å². The Morgan fingerprint density at radius 3 is 1.82 bits per heavy atom. The molecule has 0 fully saturated rings. The molecule has 0 spiro atoms. The van der Waals surface area contributed by atoms with E-state index in [-0.39, 0.29) is 0 Å². The number of rotatable bonds is 3. The molecule has 0 aliphatic heterocycles. The van der Waals surface area contributed by atoms with E-state index in [9.17, 15) is 0 Å². The van der Waals surface area contributed by atoms with Crippen LogP contribution in [0.4, 0.5) is 0 Å². The minimum absolute atomic E-state index is 0.758. The maximum atomic E-state index is 5.18. The third kappa shape index (κ3) is 3.74. The van der Waals surface area contributed by atoms with E-state index in [1.54, 1.807) is 12.4 Å². The number of hydrogen-bond acceptors (Lipinski definition) is 6. The van der Waals surface area contributed by atoms with E-state index in [2.05, 4.69) is 87.7 Å². The third-order valence-electron chi connectivity index (χ3n) is 7.25. The number of hydrogen-bond donors (Lipinski definition) is 0. The lowest BCUT2D eigenvalue weighted by Gasteiger charge is -2.12. The van der Waals surface area contributed by atoms with E-state index in [1.165, 1.54) is 0 Å². The van der Waals surface area contributed by atoms with Gasteiger partial charge in [-0.05, 0) is 36.4 Å². The van der Waals surface area contributed by atoms with Gasteiger partial charge in [0.05, 0.1) is 45.3 Å². The van der Waals surface area contributed by atoms with E-state index >= 15 is 0 Å². The van der Waals surface area contributed by atoms with Crippen LogP contribution in [0.2, 0.25) is 0 Å². The van der Waals surface area contributed by atoms with Gasteiger partial charge in [-0.15, -0.1) is 0 Å². The second-order valence-electron chi connectivity index (χ2n) is 9.71. The molecule has 0 radical (unpaired) electrons. The predicted molar refractivity (Wildman–Crippen MR) is 160 cm³/mol. The van der Waals surface area contributed by atoms with Crippen molar-refractivity contribution in [3.05, 3.63) is 122 Å². The Bertz CT molecular complexity index is 2240. The first-order valence-electron chi connectivity index (χ1n) is 13.0. The van der Waals surface area contributed by atoms with Crippen molar-refractivity contribution in [1.29, 1.82) is 0 Å². The highest BCUT2D eigenvalue weighted by atomic mass is 14.8. The Hall–Kier alpha value is -5.62. The summed E-state index contributed by atoms with van der Waals surface area (Å²) in [5.74, 6) is 0. The van der Waals surface area contributed by atoms with E-state index in [4.69, 9.17) is 15.0 Å². The first kappa shape index (κ1) is 22.4. The zero-order chi connectivity index (χ0) is 26.5. The molecule has 0 aliphatic rings. The fourth-order valence-electron chi connectivity index (χ4n) is 5.25. The molecular weight excluding hydrogens is 492 g/mol. The van der Waals surface area contributed by atoms with Gasteiger partial charge in [-0.2, -0.15) is 0 Å². The molecule has 0 unspecified atom stereocenters. The molecule has 6 nitrogen and oxygen atoms in total. The molecule has 8 rings (SSSR count). The highest BCUT2D eigenvalue weighted by Crippen LogP contribution is 2.34. The molecule has 0 aliphatic carbocycles. The van der Waals surface area contributed by atoms with Crippen LogP contribution in [0.25, 0.3) is 77.4 Å². The zero-order valence-electron chi connectivity index (χ0n) is 21.2. The molecule has 8 aromatic rings. The molecular formula is C34H20N6. The summed E-state index contributed by atoms with van der Waals surface area (Å²) in [6.45, 7) is 0. The monoisotopic (exact) mass is 512 g/mol. The van der Waals surface area contributed by atoms with Crippen LogP contribution in [0, 0.1) is 0 Å². The standard InChI is InChI=1S/C34H20N6/c1-4-21-7-10-24(17-28(21)35-13-1)30-20-39-33(34(40-30)26-11-8-22-5-2-14-36-29(22)18-26)27-16-25-12-9-23-6-3-15-37-31(23)32(25)38-19-27/h1-20H. The van der Waals surface area contributed by atoms with E-state index in [0.29, 0.717) is 0 Å². The third-order valence-corrected chi connectivity index (χ3v) is 7.25. The van der Waals surface area contributed by atoms with Crippen molar-refractivity contribution < 1.29 is 0 Å². The van der Waals surface area contributed by atoms with Crippen molar-refractivity contribution in [3.8, 4) is 33.8 Å². The minimum Gasteiger partial charge on any atom is -0.256 e. The minimum atomic E-state index is 0.758. The van der Waals surface area contributed by atoms with Gasteiger partial charge in [0.1, 0.15) is 0 Å². The van der Waals surface area contributed by atoms with Crippen LogP contribution in [0.15, 0.2) is 122 Å². The van der Waals surface area contributed by atoms with Gasteiger partial charge in [0.15, 0.2) is 0 Å². The summed E-state index contributed by atoms with van der Waals surface area (Å²) in [5, 5.41) is 4.22. The quantitative estimate of drug-likeness (QED) is 0.226. The van der Waals surface area contributed by atoms with Gasteiger partial charge in [0.2, 0.25) is 0 Å². The molecule has 186 valence electrons. The number of benzene rings is 3. The van der Waals surface area contributed by atoms with Gasteiger partial charge in [0, 0.05) is 63.0 Å². The number of pyridine rings is 4. The topological polar surface area (TPSA) is 77.3 Å². The van der Waals surface area contributed by atoms with Crippen LogP contribution in [-0.4, -0.2) is 29.9 Å². The van der Waals surface area contributed by atoms with Crippen molar-refractivity contribution in [3.63, 3.8) is 0 Å². The predicted octanol–water partition coefficient (Wildman–Crippen LogP) is 7.67. The first-order chi connectivity index (χ1) is 19.8. The van der Waals surface area contributed by atoms with E-state index in [0.717, 1.165) is 77.4 Å². The Morgan fingerprint density at radius 1 is 0.400 bits per heavy atom. The lowest BCUT2D eigenvalue weighted by Crippen LogP contribution is -1.97. The lowest BCUT2D eigenvalue weighted by atomic mass is 10.0. The van der Waals surface area contributed by atoms with Crippen LogP contribution in [0.1, 0.15) is 0 Å². The average Bonchev–Trinajstić information content (AvgIpc) is 3.03. The summed E-state index contributed by atoms with van der Waals surface area (Å²) < 4.78 is 0. The zero-order valence-corrected chi connectivity index (χ0v) is 21.2. The molecule has 5 heterocycles. The van der Waals surface area contributed by atoms with Gasteiger partial charge in [-0.3, -0.25) is 24.9 Å². The summed E-state index contributed by atoms with van der Waals surface area (Å²) >= 11 is 0. The fourth-order valence-corrected chi connectivity index (χ4v) is 5.25. The Balaban J connectivity index is 1.34. The maximum Gasteiger partial charge on any atom is 0.0981 e. The van der Waals surface area contributed by atoms with Crippen molar-refractivity contribution in [2.24, 2.45) is 0 Å². The van der Waals surface area contributed by atoms with Gasteiger partial charge >= 0.3 is 0 Å². The van der Waals surface area contributed by atoms with Gasteiger partial charge in [-0.1, -0.05) is 54.6 Å². The van der Waals surface area contributed by atoms with Crippen molar-refractivity contribution >= 4 is 43.6 Å². The molecule has 0 saturated heterocycles. The maximum absolute atomic E-state index is 5.18. The number of aromatic nitrogens is 6. The van der Waals surface area contributed by atoms with Crippen LogP contribution < -0.4 is 0 Å². The molecule has 0 N–H and O–H groups in total. The second-order valence-corrected chi connectivity index (χ2v) is 9.71. The van der Waals surface area contributed by atoms with Crippen LogP contribution in [0.3, 0.4) is 0 Å². The number of fused-ring (bicyclic) bond motifs is 5. The molecule has 0 amide bonds. The highest BCUT2D eigenvalue weighted by Gasteiger charge is 2.16. The molecule has 40 heavy (non-hydrogen) atoms. The van der Waals surface area contributed by atoms with Crippen molar-refractivity contribution in [2.75, 3.05) is 0 Å². The summed E-state index contributed by atoms with van der Waals surface area (Å²) in [7, 11) is 0. The Kier molecular flexibility index (Phi) is 5.03. The molecule has 0 bridgehead atoms. The van der Waals surface area contributed by atoms with Crippen LogP contribution in [0.5, 0.6) is 0 Å². The average molecular weight is 513 g/mol. The number of nitrogens with zero attached hydrogens (tertiary/aromatic N) is 6. The molecule has 6 heteroatoms. The van der Waals surface area contributed by atoms with Crippen LogP contribution >= 0.6 is 0 Å². The van der Waals surface area contributed by atoms with E-state index in [1.807, 2.05) is 36.8 Å². The lowest BCUT2D eigenvalue weighted by molar-refractivity contribution is 1.21. The smallest absolute Gasteiger partial charge is 0.0981 e. The summed E-state index contributed by atoms with van der Waals surface area (Å²) in [6.07, 6.45) is 9.11. The fraction of sp³-hybridized carbons (Fsp3) is 0. The molecule has 3 aromatic carbocycles. The van der Waals surface area contributed by atoms with Gasteiger partial charge in [-0.25, -0.2) is 4.98 Å². The SMILES string of the molecule is c1cnc2cc(-c3cnc(-c4cnc5c(ccc6cccnc65)c4)c(-c4ccc5cccnc5c4)n3)ccc2c1. The second kappa shape index (κ2) is 8.99.